The molecular formula is C17H28BrNO. The Kier molecular flexibility index (Phi) is 9.16. The van der Waals surface area contributed by atoms with Crippen LogP contribution < -0.4 is 5.32 Å². The molecule has 1 rings (SSSR count). The van der Waals surface area contributed by atoms with E-state index >= 15 is 0 Å². The maximum absolute atomic E-state index is 5.74. The molecule has 0 radical (unpaired) electrons. The fourth-order valence-corrected chi connectivity index (χ4v) is 2.45. The van der Waals surface area contributed by atoms with Crippen molar-refractivity contribution in [1.82, 2.24) is 5.32 Å². The van der Waals surface area contributed by atoms with E-state index < -0.39 is 0 Å². The molecule has 0 bridgehead atoms. The topological polar surface area (TPSA) is 21.3 Å². The van der Waals surface area contributed by atoms with E-state index in [1.165, 1.54) is 5.56 Å². The summed E-state index contributed by atoms with van der Waals surface area (Å²) in [4.78, 5) is 0. The summed E-state index contributed by atoms with van der Waals surface area (Å²) < 4.78 is 6.88. The highest BCUT2D eigenvalue weighted by Crippen LogP contribution is 2.16. The Balaban J connectivity index is 2.30. The first-order chi connectivity index (χ1) is 9.61. The normalized spacial score (nSPS) is 12.8. The van der Waals surface area contributed by atoms with Crippen LogP contribution in [0.2, 0.25) is 0 Å². The molecule has 0 saturated carbocycles. The van der Waals surface area contributed by atoms with E-state index in [-0.39, 0.29) is 0 Å². The van der Waals surface area contributed by atoms with E-state index in [0.717, 1.165) is 49.4 Å². The largest absolute Gasteiger partial charge is 0.381 e. The first-order valence-corrected chi connectivity index (χ1v) is 8.38. The van der Waals surface area contributed by atoms with Gasteiger partial charge in [-0.05, 0) is 62.4 Å². The summed E-state index contributed by atoms with van der Waals surface area (Å²) in [6, 6.07) is 8.63. The summed E-state index contributed by atoms with van der Waals surface area (Å²) in [6.07, 6.45) is 3.39. The van der Waals surface area contributed by atoms with Crippen molar-refractivity contribution in [2.45, 2.75) is 33.1 Å². The molecule has 0 heterocycles. The summed E-state index contributed by atoms with van der Waals surface area (Å²) in [7, 11) is 2.02. The lowest BCUT2D eigenvalue weighted by Gasteiger charge is -2.17. The number of ether oxygens (including phenoxy) is 1. The molecule has 1 atom stereocenters. The van der Waals surface area contributed by atoms with Gasteiger partial charge in [-0.25, -0.2) is 0 Å². The Hall–Kier alpha value is -0.380. The van der Waals surface area contributed by atoms with Crippen molar-refractivity contribution < 1.29 is 4.74 Å². The SMILES string of the molecule is CNCC(CCOCCC(C)C)Cc1ccc(Br)cc1. The van der Waals surface area contributed by atoms with Gasteiger partial charge in [0.05, 0.1) is 0 Å². The first kappa shape index (κ1) is 17.7. The third kappa shape index (κ3) is 8.03. The number of nitrogens with one attached hydrogen (secondary N) is 1. The minimum atomic E-state index is 0.639. The summed E-state index contributed by atoms with van der Waals surface area (Å²) in [5.74, 6) is 1.37. The summed E-state index contributed by atoms with van der Waals surface area (Å²) in [5.41, 5.74) is 1.40. The number of hydrogen-bond acceptors (Lipinski definition) is 2. The molecule has 0 fully saturated rings. The van der Waals surface area contributed by atoms with Crippen molar-refractivity contribution in [2.24, 2.45) is 11.8 Å². The second-order valence-corrected chi connectivity index (χ2v) is 6.75. The molecule has 0 aromatic heterocycles. The van der Waals surface area contributed by atoms with E-state index in [2.05, 4.69) is 59.4 Å². The Morgan fingerprint density at radius 3 is 2.35 bits per heavy atom. The van der Waals surface area contributed by atoms with E-state index in [9.17, 15) is 0 Å². The standard InChI is InChI=1S/C17H28BrNO/c1-14(2)8-10-20-11-9-16(13-19-3)12-15-4-6-17(18)7-5-15/h4-7,14,16,19H,8-13H2,1-3H3. The molecule has 1 N–H and O–H groups in total. The van der Waals surface area contributed by atoms with E-state index in [1.54, 1.807) is 0 Å². The van der Waals surface area contributed by atoms with Crippen LogP contribution in [-0.2, 0) is 11.2 Å². The molecule has 3 heteroatoms. The number of halogens is 1. The summed E-state index contributed by atoms with van der Waals surface area (Å²) in [5, 5.41) is 3.29. The Morgan fingerprint density at radius 2 is 1.75 bits per heavy atom. The lowest BCUT2D eigenvalue weighted by atomic mass is 9.96. The molecule has 2 nitrogen and oxygen atoms in total. The van der Waals surface area contributed by atoms with Crippen LogP contribution in [0, 0.1) is 11.8 Å². The van der Waals surface area contributed by atoms with Gasteiger partial charge in [0.2, 0.25) is 0 Å². The smallest absolute Gasteiger partial charge is 0.0469 e. The van der Waals surface area contributed by atoms with Gasteiger partial charge in [-0.3, -0.25) is 0 Å². The highest BCUT2D eigenvalue weighted by atomic mass is 79.9. The van der Waals surface area contributed by atoms with Crippen molar-refractivity contribution >= 4 is 15.9 Å². The monoisotopic (exact) mass is 341 g/mol. The van der Waals surface area contributed by atoms with Crippen LogP contribution in [0.5, 0.6) is 0 Å². The molecule has 20 heavy (non-hydrogen) atoms. The fraction of sp³-hybridized carbons (Fsp3) is 0.647. The van der Waals surface area contributed by atoms with Crippen LogP contribution in [0.3, 0.4) is 0 Å². The number of hydrogen-bond donors (Lipinski definition) is 1. The molecule has 0 aliphatic heterocycles. The minimum absolute atomic E-state index is 0.639. The van der Waals surface area contributed by atoms with Crippen LogP contribution in [0.1, 0.15) is 32.3 Å². The second-order valence-electron chi connectivity index (χ2n) is 5.84. The van der Waals surface area contributed by atoms with Crippen molar-refractivity contribution in [2.75, 3.05) is 26.8 Å². The molecule has 0 spiro atoms. The van der Waals surface area contributed by atoms with Crippen LogP contribution in [0.25, 0.3) is 0 Å². The summed E-state index contributed by atoms with van der Waals surface area (Å²) in [6.45, 7) is 7.28. The highest BCUT2D eigenvalue weighted by molar-refractivity contribution is 9.10. The quantitative estimate of drug-likeness (QED) is 0.641. The molecule has 1 aromatic rings. The highest BCUT2D eigenvalue weighted by Gasteiger charge is 2.09. The van der Waals surface area contributed by atoms with Gasteiger partial charge in [-0.1, -0.05) is 41.9 Å². The fourth-order valence-electron chi connectivity index (χ4n) is 2.19. The van der Waals surface area contributed by atoms with Crippen molar-refractivity contribution in [3.63, 3.8) is 0 Å². The second kappa shape index (κ2) is 10.4. The lowest BCUT2D eigenvalue weighted by Crippen LogP contribution is -2.22. The molecule has 114 valence electrons. The zero-order valence-electron chi connectivity index (χ0n) is 13.0. The maximum atomic E-state index is 5.74. The van der Waals surface area contributed by atoms with Crippen molar-refractivity contribution in [3.8, 4) is 0 Å². The van der Waals surface area contributed by atoms with Gasteiger partial charge in [-0.15, -0.1) is 0 Å². The molecule has 0 aliphatic rings. The predicted octanol–water partition coefficient (Wildman–Crippen LogP) is 4.28. The molecular weight excluding hydrogens is 314 g/mol. The van der Waals surface area contributed by atoms with Crippen LogP contribution in [-0.4, -0.2) is 26.8 Å². The van der Waals surface area contributed by atoms with E-state index in [1.807, 2.05) is 7.05 Å². The third-order valence-electron chi connectivity index (χ3n) is 3.44. The van der Waals surface area contributed by atoms with Crippen LogP contribution in [0.15, 0.2) is 28.7 Å². The number of benzene rings is 1. The zero-order chi connectivity index (χ0) is 14.8. The van der Waals surface area contributed by atoms with Gasteiger partial charge in [0.25, 0.3) is 0 Å². The van der Waals surface area contributed by atoms with E-state index in [4.69, 9.17) is 4.74 Å². The maximum Gasteiger partial charge on any atom is 0.0469 e. The van der Waals surface area contributed by atoms with Crippen molar-refractivity contribution in [1.29, 1.82) is 0 Å². The Morgan fingerprint density at radius 1 is 1.10 bits per heavy atom. The first-order valence-electron chi connectivity index (χ1n) is 7.58. The average Bonchev–Trinajstić information content (AvgIpc) is 2.40. The zero-order valence-corrected chi connectivity index (χ0v) is 14.6. The average molecular weight is 342 g/mol. The molecule has 0 aliphatic carbocycles. The minimum Gasteiger partial charge on any atom is -0.381 e. The molecule has 1 unspecified atom stereocenters. The Bertz CT molecular complexity index is 351. The van der Waals surface area contributed by atoms with Gasteiger partial charge >= 0.3 is 0 Å². The van der Waals surface area contributed by atoms with E-state index in [0.29, 0.717) is 5.92 Å². The van der Waals surface area contributed by atoms with Gasteiger partial charge in [0, 0.05) is 17.7 Å². The van der Waals surface area contributed by atoms with Gasteiger partial charge in [0.1, 0.15) is 0 Å². The molecule has 1 aromatic carbocycles. The van der Waals surface area contributed by atoms with Crippen LogP contribution >= 0.6 is 15.9 Å². The predicted molar refractivity (Wildman–Crippen MR) is 90.2 cm³/mol. The van der Waals surface area contributed by atoms with Gasteiger partial charge in [-0.2, -0.15) is 0 Å². The lowest BCUT2D eigenvalue weighted by molar-refractivity contribution is 0.110. The van der Waals surface area contributed by atoms with Gasteiger partial charge < -0.3 is 10.1 Å². The summed E-state index contributed by atoms with van der Waals surface area (Å²) >= 11 is 3.48. The van der Waals surface area contributed by atoms with Crippen molar-refractivity contribution in [3.05, 3.63) is 34.3 Å². The Labute approximate surface area is 132 Å². The molecule has 0 amide bonds. The molecule has 0 saturated heterocycles. The third-order valence-corrected chi connectivity index (χ3v) is 3.97. The van der Waals surface area contributed by atoms with Gasteiger partial charge in [0.15, 0.2) is 0 Å². The number of rotatable bonds is 10. The van der Waals surface area contributed by atoms with Crippen LogP contribution in [0.4, 0.5) is 0 Å².